The average Bonchev–Trinajstić information content (AvgIpc) is 2.71. The molecule has 1 N–H and O–H groups in total. The van der Waals surface area contributed by atoms with E-state index in [1.165, 1.54) is 0 Å². The van der Waals surface area contributed by atoms with Crippen molar-refractivity contribution >= 4 is 10.2 Å². The van der Waals surface area contributed by atoms with Crippen LogP contribution in [0.4, 0.5) is 0 Å². The van der Waals surface area contributed by atoms with Crippen LogP contribution in [-0.4, -0.2) is 69.0 Å². The first-order chi connectivity index (χ1) is 8.60. The van der Waals surface area contributed by atoms with Crippen molar-refractivity contribution in [2.45, 2.75) is 25.9 Å². The van der Waals surface area contributed by atoms with Crippen molar-refractivity contribution in [1.29, 1.82) is 0 Å². The molecular weight excluding hydrogens is 254 g/mol. The highest BCUT2D eigenvalue weighted by molar-refractivity contribution is 7.86. The van der Waals surface area contributed by atoms with E-state index >= 15 is 0 Å². The van der Waals surface area contributed by atoms with Gasteiger partial charge in [-0.15, -0.1) is 0 Å². The Morgan fingerprint density at radius 1 is 1.11 bits per heavy atom. The van der Waals surface area contributed by atoms with Gasteiger partial charge in [-0.05, 0) is 26.3 Å². The lowest BCUT2D eigenvalue weighted by Crippen LogP contribution is -2.47. The predicted molar refractivity (Wildman–Crippen MR) is 69.6 cm³/mol. The van der Waals surface area contributed by atoms with E-state index in [0.717, 1.165) is 25.9 Å². The van der Waals surface area contributed by atoms with E-state index in [1.54, 1.807) is 8.61 Å². The van der Waals surface area contributed by atoms with Gasteiger partial charge in [0.25, 0.3) is 10.2 Å². The van der Waals surface area contributed by atoms with Crippen LogP contribution in [0, 0.1) is 0 Å². The molecule has 2 heterocycles. The lowest BCUT2D eigenvalue weighted by molar-refractivity contribution is 0.0747. The molecular formula is C11H23N3O3S. The molecule has 0 amide bonds. The lowest BCUT2D eigenvalue weighted by atomic mass is 10.4. The molecule has 106 valence electrons. The second-order valence-electron chi connectivity index (χ2n) is 4.90. The van der Waals surface area contributed by atoms with Crippen LogP contribution >= 0.6 is 0 Å². The molecule has 2 aliphatic rings. The largest absolute Gasteiger partial charge is 0.377 e. The smallest absolute Gasteiger partial charge is 0.282 e. The van der Waals surface area contributed by atoms with Crippen LogP contribution in [0.3, 0.4) is 0 Å². The zero-order chi connectivity index (χ0) is 13.0. The van der Waals surface area contributed by atoms with Gasteiger partial charge in [0.15, 0.2) is 0 Å². The minimum atomic E-state index is -3.32. The van der Waals surface area contributed by atoms with Crippen molar-refractivity contribution < 1.29 is 13.2 Å². The fourth-order valence-electron chi connectivity index (χ4n) is 2.38. The summed E-state index contributed by atoms with van der Waals surface area (Å²) in [5.41, 5.74) is 0. The van der Waals surface area contributed by atoms with Gasteiger partial charge in [0.1, 0.15) is 0 Å². The number of ether oxygens (including phenoxy) is 1. The molecule has 0 bridgehead atoms. The Labute approximate surface area is 109 Å². The van der Waals surface area contributed by atoms with Crippen LogP contribution in [0.15, 0.2) is 0 Å². The van der Waals surface area contributed by atoms with Gasteiger partial charge in [0.05, 0.1) is 6.10 Å². The van der Waals surface area contributed by atoms with Gasteiger partial charge in [0, 0.05) is 39.3 Å². The number of hydrogen-bond acceptors (Lipinski definition) is 4. The van der Waals surface area contributed by atoms with Crippen molar-refractivity contribution in [2.75, 3.05) is 45.9 Å². The Hall–Kier alpha value is -0.210. The summed E-state index contributed by atoms with van der Waals surface area (Å²) in [6.45, 7) is 6.41. The van der Waals surface area contributed by atoms with E-state index in [9.17, 15) is 8.42 Å². The monoisotopic (exact) mass is 277 g/mol. The standard InChI is InChI=1S/C11H23N3O3S/c1-11-10-14(7-3-9-17-11)18(15,16)13-6-2-4-12-5-8-13/h11-12H,2-10H2,1H3. The van der Waals surface area contributed by atoms with Gasteiger partial charge < -0.3 is 10.1 Å². The van der Waals surface area contributed by atoms with E-state index in [1.807, 2.05) is 6.92 Å². The second kappa shape index (κ2) is 6.29. The lowest BCUT2D eigenvalue weighted by Gasteiger charge is -2.28. The maximum atomic E-state index is 12.6. The Kier molecular flexibility index (Phi) is 4.97. The normalized spacial score (nSPS) is 29.7. The van der Waals surface area contributed by atoms with Crippen LogP contribution < -0.4 is 5.32 Å². The first kappa shape index (κ1) is 14.2. The van der Waals surface area contributed by atoms with Crippen LogP contribution in [0.2, 0.25) is 0 Å². The second-order valence-corrected chi connectivity index (χ2v) is 6.83. The van der Waals surface area contributed by atoms with E-state index in [-0.39, 0.29) is 6.10 Å². The number of rotatable bonds is 2. The Morgan fingerprint density at radius 3 is 2.72 bits per heavy atom. The SMILES string of the molecule is CC1CN(S(=O)(=O)N2CCCNCC2)CCCO1. The molecule has 1 atom stereocenters. The maximum absolute atomic E-state index is 12.6. The van der Waals surface area contributed by atoms with E-state index in [0.29, 0.717) is 32.8 Å². The third-order valence-electron chi connectivity index (χ3n) is 3.37. The van der Waals surface area contributed by atoms with Crippen molar-refractivity contribution in [2.24, 2.45) is 0 Å². The molecule has 0 saturated carbocycles. The van der Waals surface area contributed by atoms with Crippen molar-refractivity contribution in [3.8, 4) is 0 Å². The Bertz CT molecular complexity index is 353. The summed E-state index contributed by atoms with van der Waals surface area (Å²) < 4.78 is 33.8. The molecule has 0 radical (unpaired) electrons. The molecule has 0 spiro atoms. The zero-order valence-corrected chi connectivity index (χ0v) is 11.8. The highest BCUT2D eigenvalue weighted by atomic mass is 32.2. The molecule has 18 heavy (non-hydrogen) atoms. The molecule has 2 rings (SSSR count). The third-order valence-corrected chi connectivity index (χ3v) is 5.37. The molecule has 2 aliphatic heterocycles. The molecule has 0 aromatic rings. The topological polar surface area (TPSA) is 61.9 Å². The number of hydrogen-bond donors (Lipinski definition) is 1. The molecule has 7 heteroatoms. The quantitative estimate of drug-likeness (QED) is 0.748. The molecule has 0 aromatic carbocycles. The summed E-state index contributed by atoms with van der Waals surface area (Å²) in [5.74, 6) is 0. The predicted octanol–water partition coefficient (Wildman–Crippen LogP) is -0.363. The highest BCUT2D eigenvalue weighted by Crippen LogP contribution is 2.15. The first-order valence-corrected chi connectivity index (χ1v) is 8.08. The third kappa shape index (κ3) is 3.42. The van der Waals surface area contributed by atoms with E-state index < -0.39 is 10.2 Å². The zero-order valence-electron chi connectivity index (χ0n) is 11.0. The molecule has 1 unspecified atom stereocenters. The van der Waals surface area contributed by atoms with Crippen LogP contribution in [0.1, 0.15) is 19.8 Å². The highest BCUT2D eigenvalue weighted by Gasteiger charge is 2.31. The summed E-state index contributed by atoms with van der Waals surface area (Å²) in [6, 6.07) is 0. The van der Waals surface area contributed by atoms with Crippen molar-refractivity contribution in [3.05, 3.63) is 0 Å². The van der Waals surface area contributed by atoms with Gasteiger partial charge in [-0.1, -0.05) is 0 Å². The molecule has 2 saturated heterocycles. The van der Waals surface area contributed by atoms with Gasteiger partial charge in [-0.2, -0.15) is 17.0 Å². The summed E-state index contributed by atoms with van der Waals surface area (Å²) in [5, 5.41) is 3.22. The van der Waals surface area contributed by atoms with E-state index in [2.05, 4.69) is 5.32 Å². The minimum Gasteiger partial charge on any atom is -0.377 e. The van der Waals surface area contributed by atoms with Crippen molar-refractivity contribution in [3.63, 3.8) is 0 Å². The average molecular weight is 277 g/mol. The van der Waals surface area contributed by atoms with Crippen LogP contribution in [-0.2, 0) is 14.9 Å². The summed E-state index contributed by atoms with van der Waals surface area (Å²) >= 11 is 0. The summed E-state index contributed by atoms with van der Waals surface area (Å²) in [4.78, 5) is 0. The van der Waals surface area contributed by atoms with Gasteiger partial charge in [-0.25, -0.2) is 0 Å². The Balaban J connectivity index is 2.07. The van der Waals surface area contributed by atoms with Crippen LogP contribution in [0.5, 0.6) is 0 Å². The fraction of sp³-hybridized carbons (Fsp3) is 1.00. The number of nitrogens with zero attached hydrogens (tertiary/aromatic N) is 2. The Morgan fingerprint density at radius 2 is 1.89 bits per heavy atom. The molecule has 6 nitrogen and oxygen atoms in total. The fourth-order valence-corrected chi connectivity index (χ4v) is 4.15. The van der Waals surface area contributed by atoms with Gasteiger partial charge >= 0.3 is 0 Å². The summed E-state index contributed by atoms with van der Waals surface area (Å²) in [6.07, 6.45) is 1.63. The van der Waals surface area contributed by atoms with Gasteiger partial charge in [0.2, 0.25) is 0 Å². The molecule has 0 aromatic heterocycles. The maximum Gasteiger partial charge on any atom is 0.282 e. The minimum absolute atomic E-state index is 0.0209. The van der Waals surface area contributed by atoms with E-state index in [4.69, 9.17) is 4.74 Å². The number of nitrogens with one attached hydrogen (secondary N) is 1. The van der Waals surface area contributed by atoms with Gasteiger partial charge in [-0.3, -0.25) is 0 Å². The van der Waals surface area contributed by atoms with Crippen LogP contribution in [0.25, 0.3) is 0 Å². The molecule has 2 fully saturated rings. The summed E-state index contributed by atoms with van der Waals surface area (Å²) in [7, 11) is -3.32. The first-order valence-electron chi connectivity index (χ1n) is 6.68. The molecule has 0 aliphatic carbocycles. The van der Waals surface area contributed by atoms with Crippen molar-refractivity contribution in [1.82, 2.24) is 13.9 Å².